The summed E-state index contributed by atoms with van der Waals surface area (Å²) in [6, 6.07) is 10.7. The topological polar surface area (TPSA) is 80.2 Å². The molecular formula is C19H19BrN2O4. The monoisotopic (exact) mass is 418 g/mol. The molecule has 2 rings (SSSR count). The molecule has 0 radical (unpaired) electrons. The Kier molecular flexibility index (Phi) is 7.23. The van der Waals surface area contributed by atoms with E-state index in [1.807, 2.05) is 18.2 Å². The van der Waals surface area contributed by atoms with Gasteiger partial charge in [0.05, 0.1) is 17.8 Å². The third-order valence-corrected chi connectivity index (χ3v) is 4.00. The molecule has 7 heteroatoms. The van der Waals surface area contributed by atoms with Crippen molar-refractivity contribution in [1.82, 2.24) is 5.43 Å². The number of phenols is 1. The number of halogens is 1. The molecule has 6 nitrogen and oxygen atoms in total. The molecule has 0 saturated heterocycles. The molecule has 2 aromatic carbocycles. The molecule has 0 spiro atoms. The maximum absolute atomic E-state index is 11.9. The minimum atomic E-state index is -0.420. The van der Waals surface area contributed by atoms with E-state index in [1.165, 1.54) is 13.3 Å². The van der Waals surface area contributed by atoms with Gasteiger partial charge in [0.1, 0.15) is 17.2 Å². The number of nitrogens with one attached hydrogen (secondary N) is 1. The van der Waals surface area contributed by atoms with E-state index in [1.54, 1.807) is 24.3 Å². The van der Waals surface area contributed by atoms with Crippen molar-refractivity contribution in [3.8, 4) is 17.2 Å². The summed E-state index contributed by atoms with van der Waals surface area (Å²) in [6.45, 7) is 3.52. The van der Waals surface area contributed by atoms with E-state index in [0.29, 0.717) is 28.0 Å². The van der Waals surface area contributed by atoms with Crippen LogP contribution in [0.25, 0.3) is 0 Å². The molecule has 2 N–H and O–H groups in total. The second kappa shape index (κ2) is 9.62. The molecule has 0 fully saturated rings. The van der Waals surface area contributed by atoms with E-state index in [9.17, 15) is 9.90 Å². The zero-order chi connectivity index (χ0) is 18.9. The average molecular weight is 419 g/mol. The summed E-state index contributed by atoms with van der Waals surface area (Å²) < 4.78 is 11.1. The second-order valence-electron chi connectivity index (χ2n) is 5.23. The lowest BCUT2D eigenvalue weighted by Crippen LogP contribution is -2.24. The van der Waals surface area contributed by atoms with Crippen molar-refractivity contribution in [3.05, 3.63) is 64.7 Å². The van der Waals surface area contributed by atoms with E-state index >= 15 is 0 Å². The molecule has 0 aliphatic rings. The van der Waals surface area contributed by atoms with E-state index in [4.69, 9.17) is 9.47 Å². The standard InChI is InChI=1S/C19H19BrN2O4/c1-3-6-13-7-4-5-8-17(13)26-12-18(23)22-21-11-14-9-15(25-2)10-16(20)19(14)24/h3-5,7-11,24H,1,6,12H2,2H3,(H,22,23). The number of amides is 1. The van der Waals surface area contributed by atoms with Gasteiger partial charge in [-0.25, -0.2) is 5.43 Å². The zero-order valence-corrected chi connectivity index (χ0v) is 15.8. The molecule has 0 aliphatic carbocycles. The van der Waals surface area contributed by atoms with Gasteiger partial charge in [-0.05, 0) is 46.1 Å². The molecule has 2 aromatic rings. The number of hydrogen-bond donors (Lipinski definition) is 2. The Morgan fingerprint density at radius 2 is 2.15 bits per heavy atom. The van der Waals surface area contributed by atoms with Gasteiger partial charge < -0.3 is 14.6 Å². The number of para-hydroxylation sites is 1. The van der Waals surface area contributed by atoms with Crippen molar-refractivity contribution in [1.29, 1.82) is 0 Å². The first-order valence-electron chi connectivity index (χ1n) is 7.75. The van der Waals surface area contributed by atoms with Gasteiger partial charge in [0.2, 0.25) is 0 Å². The summed E-state index contributed by atoms with van der Waals surface area (Å²) in [6.07, 6.45) is 3.75. The van der Waals surface area contributed by atoms with Crippen LogP contribution in [0.1, 0.15) is 11.1 Å². The second-order valence-corrected chi connectivity index (χ2v) is 6.08. The number of allylic oxidation sites excluding steroid dienone is 1. The predicted molar refractivity (Wildman–Crippen MR) is 104 cm³/mol. The van der Waals surface area contributed by atoms with Gasteiger partial charge in [-0.15, -0.1) is 6.58 Å². The lowest BCUT2D eigenvalue weighted by atomic mass is 10.1. The van der Waals surface area contributed by atoms with Gasteiger partial charge in [-0.3, -0.25) is 4.79 Å². The van der Waals surface area contributed by atoms with E-state index in [-0.39, 0.29) is 12.4 Å². The van der Waals surface area contributed by atoms with Gasteiger partial charge in [0.15, 0.2) is 6.61 Å². The predicted octanol–water partition coefficient (Wildman–Crippen LogP) is 3.42. The molecule has 0 bridgehead atoms. The Morgan fingerprint density at radius 3 is 2.88 bits per heavy atom. The van der Waals surface area contributed by atoms with Crippen LogP contribution in [0.3, 0.4) is 0 Å². The first-order valence-corrected chi connectivity index (χ1v) is 8.54. The highest BCUT2D eigenvalue weighted by Gasteiger charge is 2.08. The zero-order valence-electron chi connectivity index (χ0n) is 14.2. The Balaban J connectivity index is 1.94. The number of nitrogens with zero attached hydrogens (tertiary/aromatic N) is 1. The molecule has 0 unspecified atom stereocenters. The Morgan fingerprint density at radius 1 is 1.38 bits per heavy atom. The maximum Gasteiger partial charge on any atom is 0.277 e. The molecule has 0 heterocycles. The molecule has 26 heavy (non-hydrogen) atoms. The summed E-state index contributed by atoms with van der Waals surface area (Å²) in [5, 5.41) is 13.8. The minimum absolute atomic E-state index is 0.00148. The Hall–Kier alpha value is -2.80. The van der Waals surface area contributed by atoms with Crippen LogP contribution in [0.4, 0.5) is 0 Å². The fraction of sp³-hybridized carbons (Fsp3) is 0.158. The molecule has 0 atom stereocenters. The third kappa shape index (κ3) is 5.35. The van der Waals surface area contributed by atoms with Crippen LogP contribution in [0.5, 0.6) is 17.2 Å². The number of phenolic OH excluding ortho intramolecular Hbond substituents is 1. The smallest absolute Gasteiger partial charge is 0.277 e. The highest BCUT2D eigenvalue weighted by atomic mass is 79.9. The number of carbonyl (C=O) groups excluding carboxylic acids is 1. The summed E-state index contributed by atoms with van der Waals surface area (Å²) in [5.41, 5.74) is 3.70. The number of ether oxygens (including phenoxy) is 2. The van der Waals surface area contributed by atoms with Crippen molar-refractivity contribution < 1.29 is 19.4 Å². The quantitative estimate of drug-likeness (QED) is 0.391. The normalized spacial score (nSPS) is 10.5. The highest BCUT2D eigenvalue weighted by Crippen LogP contribution is 2.31. The van der Waals surface area contributed by atoms with Crippen LogP contribution < -0.4 is 14.9 Å². The first kappa shape index (κ1) is 19.5. The number of rotatable bonds is 8. The van der Waals surface area contributed by atoms with E-state index in [0.717, 1.165) is 5.56 Å². The van der Waals surface area contributed by atoms with Crippen molar-refractivity contribution in [2.24, 2.45) is 5.10 Å². The van der Waals surface area contributed by atoms with Gasteiger partial charge in [0.25, 0.3) is 5.91 Å². The molecule has 0 aromatic heterocycles. The SMILES string of the molecule is C=CCc1ccccc1OCC(=O)NN=Cc1cc(OC)cc(Br)c1O. The lowest BCUT2D eigenvalue weighted by Gasteiger charge is -2.09. The van der Waals surface area contributed by atoms with Gasteiger partial charge in [0, 0.05) is 5.56 Å². The maximum atomic E-state index is 11.9. The van der Waals surface area contributed by atoms with Crippen molar-refractivity contribution in [2.75, 3.05) is 13.7 Å². The number of aromatic hydroxyl groups is 1. The van der Waals surface area contributed by atoms with E-state index < -0.39 is 5.91 Å². The molecule has 0 aliphatic heterocycles. The number of hydrazone groups is 1. The fourth-order valence-corrected chi connectivity index (χ4v) is 2.58. The third-order valence-electron chi connectivity index (χ3n) is 3.39. The molecule has 136 valence electrons. The van der Waals surface area contributed by atoms with Crippen LogP contribution in [0.2, 0.25) is 0 Å². The Bertz CT molecular complexity index is 821. The Labute approximate surface area is 160 Å². The summed E-state index contributed by atoms with van der Waals surface area (Å²) in [5.74, 6) is 0.750. The molecular weight excluding hydrogens is 400 g/mol. The van der Waals surface area contributed by atoms with Crippen molar-refractivity contribution in [3.63, 3.8) is 0 Å². The van der Waals surface area contributed by atoms with Crippen LogP contribution >= 0.6 is 15.9 Å². The number of methoxy groups -OCH3 is 1. The summed E-state index contributed by atoms with van der Waals surface area (Å²) >= 11 is 3.22. The van der Waals surface area contributed by atoms with Crippen LogP contribution in [-0.2, 0) is 11.2 Å². The van der Waals surface area contributed by atoms with Crippen molar-refractivity contribution in [2.45, 2.75) is 6.42 Å². The van der Waals surface area contributed by atoms with Crippen LogP contribution in [-0.4, -0.2) is 30.9 Å². The summed E-state index contributed by atoms with van der Waals surface area (Å²) in [4.78, 5) is 11.9. The average Bonchev–Trinajstić information content (AvgIpc) is 2.64. The highest BCUT2D eigenvalue weighted by molar-refractivity contribution is 9.10. The lowest BCUT2D eigenvalue weighted by molar-refractivity contribution is -0.123. The number of carbonyl (C=O) groups is 1. The minimum Gasteiger partial charge on any atom is -0.506 e. The van der Waals surface area contributed by atoms with E-state index in [2.05, 4.69) is 33.0 Å². The fourth-order valence-electron chi connectivity index (χ4n) is 2.13. The van der Waals surface area contributed by atoms with Gasteiger partial charge >= 0.3 is 0 Å². The first-order chi connectivity index (χ1) is 12.5. The molecule has 0 saturated carbocycles. The number of hydrogen-bond acceptors (Lipinski definition) is 5. The van der Waals surface area contributed by atoms with Crippen molar-refractivity contribution >= 4 is 28.1 Å². The van der Waals surface area contributed by atoms with Crippen LogP contribution in [0, 0.1) is 0 Å². The van der Waals surface area contributed by atoms with Gasteiger partial charge in [-0.1, -0.05) is 24.3 Å². The number of benzene rings is 2. The summed E-state index contributed by atoms with van der Waals surface area (Å²) in [7, 11) is 1.52. The molecule has 1 amide bonds. The largest absolute Gasteiger partial charge is 0.506 e. The van der Waals surface area contributed by atoms with Crippen LogP contribution in [0.15, 0.2) is 58.6 Å². The van der Waals surface area contributed by atoms with Gasteiger partial charge in [-0.2, -0.15) is 5.10 Å².